The molecule has 1 aromatic carbocycles. The summed E-state index contributed by atoms with van der Waals surface area (Å²) in [6.45, 7) is 0.821. The molecule has 0 aliphatic rings. The summed E-state index contributed by atoms with van der Waals surface area (Å²) < 4.78 is 18.5. The molecule has 0 saturated heterocycles. The number of halogens is 1. The summed E-state index contributed by atoms with van der Waals surface area (Å²) in [4.78, 5) is 15.6. The molecule has 0 bridgehead atoms. The second kappa shape index (κ2) is 7.84. The van der Waals surface area contributed by atoms with Gasteiger partial charge in [0.05, 0.1) is 18.8 Å². The number of aromatic nitrogens is 1. The smallest absolute Gasteiger partial charge is 0.315 e. The molecule has 2 amide bonds. The van der Waals surface area contributed by atoms with Gasteiger partial charge in [0.1, 0.15) is 6.61 Å². The second-order valence-electron chi connectivity index (χ2n) is 4.21. The van der Waals surface area contributed by atoms with Crippen LogP contribution in [-0.4, -0.2) is 24.2 Å². The highest BCUT2D eigenvalue weighted by Gasteiger charge is 2.03. The molecule has 2 rings (SSSR count). The van der Waals surface area contributed by atoms with Crippen molar-refractivity contribution in [3.8, 4) is 5.75 Å². The molecule has 1 aromatic heterocycles. The number of pyridine rings is 1. The van der Waals surface area contributed by atoms with E-state index in [1.807, 2.05) is 18.2 Å². The molecule has 6 heteroatoms. The van der Waals surface area contributed by atoms with E-state index in [-0.39, 0.29) is 24.9 Å². The van der Waals surface area contributed by atoms with Gasteiger partial charge in [-0.1, -0.05) is 18.2 Å². The molecule has 2 aromatic rings. The summed E-state index contributed by atoms with van der Waals surface area (Å²) >= 11 is 0. The van der Waals surface area contributed by atoms with E-state index in [1.54, 1.807) is 18.3 Å². The molecule has 21 heavy (non-hydrogen) atoms. The number of hydrogen-bond donors (Lipinski definition) is 2. The largest absolute Gasteiger partial charge is 0.489 e. The number of carbonyl (C=O) groups excluding carboxylic acids is 1. The summed E-state index contributed by atoms with van der Waals surface area (Å²) in [5, 5.41) is 5.28. The number of benzene rings is 1. The Kier molecular flexibility index (Phi) is 5.51. The van der Waals surface area contributed by atoms with Gasteiger partial charge in [0, 0.05) is 6.20 Å². The number of ether oxygens (including phenoxy) is 1. The van der Waals surface area contributed by atoms with E-state index in [0.717, 1.165) is 5.69 Å². The van der Waals surface area contributed by atoms with Gasteiger partial charge >= 0.3 is 6.03 Å². The highest BCUT2D eigenvalue weighted by molar-refractivity contribution is 5.73. The van der Waals surface area contributed by atoms with Crippen LogP contribution in [0.4, 0.5) is 9.18 Å². The number of para-hydroxylation sites is 1. The maximum absolute atomic E-state index is 13.3. The fourth-order valence-corrected chi connectivity index (χ4v) is 1.62. The van der Waals surface area contributed by atoms with Gasteiger partial charge < -0.3 is 15.4 Å². The summed E-state index contributed by atoms with van der Waals surface area (Å²) in [7, 11) is 0. The molecule has 2 N–H and O–H groups in total. The van der Waals surface area contributed by atoms with Gasteiger partial charge in [-0.2, -0.15) is 0 Å². The van der Waals surface area contributed by atoms with Crippen molar-refractivity contribution in [2.75, 3.05) is 13.2 Å². The van der Waals surface area contributed by atoms with E-state index in [1.165, 1.54) is 12.1 Å². The highest BCUT2D eigenvalue weighted by atomic mass is 19.1. The van der Waals surface area contributed by atoms with Crippen LogP contribution in [0.5, 0.6) is 5.75 Å². The molecule has 0 radical (unpaired) electrons. The Labute approximate surface area is 122 Å². The molecule has 0 unspecified atom stereocenters. The molecule has 1 heterocycles. The lowest BCUT2D eigenvalue weighted by Crippen LogP contribution is -2.37. The van der Waals surface area contributed by atoms with Crippen LogP contribution in [0.1, 0.15) is 5.69 Å². The Hall–Kier alpha value is -2.63. The van der Waals surface area contributed by atoms with Gasteiger partial charge in [-0.15, -0.1) is 0 Å². The molecule has 0 aliphatic carbocycles. The standard InChI is InChI=1S/C15H16FN3O2/c16-13-6-1-2-7-14(13)21-10-9-18-15(20)19-11-12-5-3-4-8-17-12/h1-8H,9-11H2,(H2,18,19,20). The number of nitrogens with zero attached hydrogens (tertiary/aromatic N) is 1. The lowest BCUT2D eigenvalue weighted by Gasteiger charge is -2.09. The van der Waals surface area contributed by atoms with Gasteiger partial charge in [-0.25, -0.2) is 9.18 Å². The van der Waals surface area contributed by atoms with E-state index in [0.29, 0.717) is 6.54 Å². The summed E-state index contributed by atoms with van der Waals surface area (Å²) in [6.07, 6.45) is 1.66. The quantitative estimate of drug-likeness (QED) is 0.800. The zero-order valence-electron chi connectivity index (χ0n) is 11.4. The maximum Gasteiger partial charge on any atom is 0.315 e. The van der Waals surface area contributed by atoms with Crippen molar-refractivity contribution in [1.82, 2.24) is 15.6 Å². The first-order valence-corrected chi connectivity index (χ1v) is 6.54. The number of carbonyl (C=O) groups is 1. The van der Waals surface area contributed by atoms with Crippen LogP contribution in [0.25, 0.3) is 0 Å². The fraction of sp³-hybridized carbons (Fsp3) is 0.200. The summed E-state index contributed by atoms with van der Waals surface area (Å²) in [5.41, 5.74) is 0.773. The first kappa shape index (κ1) is 14.8. The zero-order chi connectivity index (χ0) is 14.9. The molecular weight excluding hydrogens is 273 g/mol. The van der Waals surface area contributed by atoms with Crippen LogP contribution in [0, 0.1) is 5.82 Å². The highest BCUT2D eigenvalue weighted by Crippen LogP contribution is 2.14. The molecule has 110 valence electrons. The summed E-state index contributed by atoms with van der Waals surface area (Å²) in [6, 6.07) is 11.3. The van der Waals surface area contributed by atoms with Crippen molar-refractivity contribution in [3.63, 3.8) is 0 Å². The first-order chi connectivity index (χ1) is 10.3. The van der Waals surface area contributed by atoms with Crippen LogP contribution in [0.3, 0.4) is 0 Å². The predicted octanol–water partition coefficient (Wildman–Crippen LogP) is 2.10. The molecule has 0 fully saturated rings. The van der Waals surface area contributed by atoms with Crippen molar-refractivity contribution in [3.05, 3.63) is 60.2 Å². The average Bonchev–Trinajstić information content (AvgIpc) is 2.52. The Morgan fingerprint density at radius 1 is 1.14 bits per heavy atom. The van der Waals surface area contributed by atoms with Crippen LogP contribution < -0.4 is 15.4 Å². The minimum atomic E-state index is -0.419. The molecular formula is C15H16FN3O2. The number of amides is 2. The zero-order valence-corrected chi connectivity index (χ0v) is 11.4. The van der Waals surface area contributed by atoms with Crippen molar-refractivity contribution >= 4 is 6.03 Å². The van der Waals surface area contributed by atoms with E-state index >= 15 is 0 Å². The average molecular weight is 289 g/mol. The minimum absolute atomic E-state index is 0.174. The molecule has 0 spiro atoms. The van der Waals surface area contributed by atoms with Crippen molar-refractivity contribution in [2.45, 2.75) is 6.54 Å². The van der Waals surface area contributed by atoms with Crippen molar-refractivity contribution in [2.24, 2.45) is 0 Å². The van der Waals surface area contributed by atoms with Gasteiger partial charge in [0.15, 0.2) is 11.6 Å². The third kappa shape index (κ3) is 5.10. The Balaban J connectivity index is 1.62. The lowest BCUT2D eigenvalue weighted by atomic mass is 10.3. The number of rotatable bonds is 6. The van der Waals surface area contributed by atoms with Crippen LogP contribution in [0.2, 0.25) is 0 Å². The maximum atomic E-state index is 13.3. The lowest BCUT2D eigenvalue weighted by molar-refractivity contribution is 0.235. The number of urea groups is 1. The van der Waals surface area contributed by atoms with E-state index in [4.69, 9.17) is 4.74 Å². The van der Waals surface area contributed by atoms with E-state index < -0.39 is 5.82 Å². The second-order valence-corrected chi connectivity index (χ2v) is 4.21. The topological polar surface area (TPSA) is 63.2 Å². The van der Waals surface area contributed by atoms with Crippen molar-refractivity contribution < 1.29 is 13.9 Å². The molecule has 0 atom stereocenters. The Morgan fingerprint density at radius 2 is 1.95 bits per heavy atom. The van der Waals surface area contributed by atoms with E-state index in [9.17, 15) is 9.18 Å². The summed E-state index contributed by atoms with van der Waals surface area (Å²) in [5.74, 6) is -0.245. The van der Waals surface area contributed by atoms with Crippen LogP contribution in [-0.2, 0) is 6.54 Å². The third-order valence-corrected chi connectivity index (χ3v) is 2.64. The van der Waals surface area contributed by atoms with Crippen LogP contribution >= 0.6 is 0 Å². The third-order valence-electron chi connectivity index (χ3n) is 2.64. The SMILES string of the molecule is O=C(NCCOc1ccccc1F)NCc1ccccn1. The van der Waals surface area contributed by atoms with Gasteiger partial charge in [-0.05, 0) is 24.3 Å². The predicted molar refractivity (Wildman–Crippen MR) is 76.4 cm³/mol. The normalized spacial score (nSPS) is 9.95. The molecule has 5 nitrogen and oxygen atoms in total. The van der Waals surface area contributed by atoms with Gasteiger partial charge in [-0.3, -0.25) is 4.98 Å². The minimum Gasteiger partial charge on any atom is -0.489 e. The Bertz CT molecular complexity index is 578. The molecule has 0 aliphatic heterocycles. The first-order valence-electron chi connectivity index (χ1n) is 6.54. The number of nitrogens with one attached hydrogen (secondary N) is 2. The van der Waals surface area contributed by atoms with Gasteiger partial charge in [0.25, 0.3) is 0 Å². The van der Waals surface area contributed by atoms with E-state index in [2.05, 4.69) is 15.6 Å². The van der Waals surface area contributed by atoms with Crippen LogP contribution in [0.15, 0.2) is 48.7 Å². The molecule has 0 saturated carbocycles. The Morgan fingerprint density at radius 3 is 2.71 bits per heavy atom. The number of hydrogen-bond acceptors (Lipinski definition) is 3. The van der Waals surface area contributed by atoms with Crippen molar-refractivity contribution in [1.29, 1.82) is 0 Å². The fourth-order valence-electron chi connectivity index (χ4n) is 1.62. The van der Waals surface area contributed by atoms with Gasteiger partial charge in [0.2, 0.25) is 0 Å². The monoisotopic (exact) mass is 289 g/mol.